The quantitative estimate of drug-likeness (QED) is 0.763. The Bertz CT molecular complexity index is 438. The maximum atomic E-state index is 13.0. The Labute approximate surface area is 118 Å². The van der Waals surface area contributed by atoms with Crippen molar-refractivity contribution in [2.45, 2.75) is 25.2 Å². The Kier molecular flexibility index (Phi) is 4.40. The summed E-state index contributed by atoms with van der Waals surface area (Å²) in [7, 11) is 0. The van der Waals surface area contributed by atoms with E-state index in [0.29, 0.717) is 18.5 Å². The summed E-state index contributed by atoms with van der Waals surface area (Å²) in [6, 6.07) is 5.63. The first-order valence-electron chi connectivity index (χ1n) is 6.04. The van der Waals surface area contributed by atoms with Gasteiger partial charge in [0, 0.05) is 23.6 Å². The van der Waals surface area contributed by atoms with E-state index in [4.69, 9.17) is 4.74 Å². The van der Waals surface area contributed by atoms with Gasteiger partial charge in [-0.3, -0.25) is 0 Å². The molecule has 0 bridgehead atoms. The van der Waals surface area contributed by atoms with Gasteiger partial charge >= 0.3 is 6.18 Å². The summed E-state index contributed by atoms with van der Waals surface area (Å²) in [5.74, 6) is 0. The lowest BCUT2D eigenvalue weighted by atomic mass is 10.1. The van der Waals surface area contributed by atoms with E-state index in [2.05, 4.69) is 15.9 Å². The average molecular weight is 338 g/mol. The molecule has 0 amide bonds. The second kappa shape index (κ2) is 5.71. The van der Waals surface area contributed by atoms with Crippen LogP contribution in [0.4, 0.5) is 18.9 Å². The molecule has 2 nitrogen and oxygen atoms in total. The van der Waals surface area contributed by atoms with Crippen molar-refractivity contribution in [1.29, 1.82) is 0 Å². The Balaban J connectivity index is 2.35. The molecule has 1 fully saturated rings. The second-order valence-electron chi connectivity index (χ2n) is 4.63. The highest BCUT2D eigenvalue weighted by Gasteiger charge is 2.36. The summed E-state index contributed by atoms with van der Waals surface area (Å²) < 4.78 is 44.7. The number of benzene rings is 1. The standard InChI is InChI=1S/C13H15BrF3NO/c1-9-8-19-10(6-14)7-18(9)12-5-3-2-4-11(12)13(15,16)17/h2-5,9-10H,6-8H2,1H3. The molecule has 2 atom stereocenters. The molecule has 1 aromatic rings. The SMILES string of the molecule is CC1COC(CBr)CN1c1ccccc1C(F)(F)F. The van der Waals surface area contributed by atoms with Crippen LogP contribution < -0.4 is 4.90 Å². The minimum atomic E-state index is -4.33. The predicted molar refractivity (Wildman–Crippen MR) is 71.8 cm³/mol. The van der Waals surface area contributed by atoms with Gasteiger partial charge in [0.15, 0.2) is 0 Å². The predicted octanol–water partition coefficient (Wildman–Crippen LogP) is 3.69. The highest BCUT2D eigenvalue weighted by Crippen LogP contribution is 2.37. The Morgan fingerprint density at radius 2 is 2.05 bits per heavy atom. The summed E-state index contributed by atoms with van der Waals surface area (Å²) in [6.07, 6.45) is -4.42. The first kappa shape index (κ1) is 14.7. The van der Waals surface area contributed by atoms with Crippen molar-refractivity contribution in [3.05, 3.63) is 29.8 Å². The van der Waals surface area contributed by atoms with Crippen molar-refractivity contribution < 1.29 is 17.9 Å². The van der Waals surface area contributed by atoms with E-state index >= 15 is 0 Å². The zero-order valence-corrected chi connectivity index (χ0v) is 12.0. The lowest BCUT2D eigenvalue weighted by Crippen LogP contribution is -2.49. The summed E-state index contributed by atoms with van der Waals surface area (Å²) in [6.45, 7) is 2.76. The van der Waals surface area contributed by atoms with E-state index in [1.165, 1.54) is 12.1 Å². The molecule has 19 heavy (non-hydrogen) atoms. The molecule has 6 heteroatoms. The maximum Gasteiger partial charge on any atom is 0.418 e. The topological polar surface area (TPSA) is 12.5 Å². The van der Waals surface area contributed by atoms with Gasteiger partial charge in [0.05, 0.1) is 18.3 Å². The van der Waals surface area contributed by atoms with Gasteiger partial charge in [-0.15, -0.1) is 0 Å². The maximum absolute atomic E-state index is 13.0. The summed E-state index contributed by atoms with van der Waals surface area (Å²) in [5.41, 5.74) is -0.353. The molecule has 1 aliphatic rings. The van der Waals surface area contributed by atoms with Gasteiger partial charge in [0.25, 0.3) is 0 Å². The van der Waals surface area contributed by atoms with Crippen molar-refractivity contribution in [2.24, 2.45) is 0 Å². The van der Waals surface area contributed by atoms with Gasteiger partial charge in [-0.1, -0.05) is 28.1 Å². The Morgan fingerprint density at radius 1 is 1.37 bits per heavy atom. The van der Waals surface area contributed by atoms with Gasteiger partial charge in [-0.2, -0.15) is 13.2 Å². The number of morpholine rings is 1. The van der Waals surface area contributed by atoms with Crippen LogP contribution in [0, 0.1) is 0 Å². The van der Waals surface area contributed by atoms with Crippen molar-refractivity contribution in [3.8, 4) is 0 Å². The molecule has 2 rings (SSSR count). The molecule has 1 aliphatic heterocycles. The highest BCUT2D eigenvalue weighted by atomic mass is 79.9. The van der Waals surface area contributed by atoms with Crippen LogP contribution in [0.1, 0.15) is 12.5 Å². The number of halogens is 4. The fourth-order valence-electron chi connectivity index (χ4n) is 2.21. The van der Waals surface area contributed by atoms with Crippen LogP contribution >= 0.6 is 15.9 Å². The highest BCUT2D eigenvalue weighted by molar-refractivity contribution is 9.09. The minimum absolute atomic E-state index is 0.0706. The molecule has 0 aromatic heterocycles. The van der Waals surface area contributed by atoms with E-state index in [-0.39, 0.29) is 17.8 Å². The third-order valence-electron chi connectivity index (χ3n) is 3.20. The second-order valence-corrected chi connectivity index (χ2v) is 5.27. The summed E-state index contributed by atoms with van der Waals surface area (Å²) in [5, 5.41) is 0.615. The fraction of sp³-hybridized carbons (Fsp3) is 0.538. The summed E-state index contributed by atoms with van der Waals surface area (Å²) in [4.78, 5) is 1.78. The number of para-hydroxylation sites is 1. The lowest BCUT2D eigenvalue weighted by Gasteiger charge is -2.40. The van der Waals surface area contributed by atoms with E-state index in [1.807, 2.05) is 6.92 Å². The smallest absolute Gasteiger partial charge is 0.373 e. The molecule has 0 saturated carbocycles. The molecule has 0 spiro atoms. The normalized spacial score (nSPS) is 24.6. The first-order chi connectivity index (χ1) is 8.93. The number of hydrogen-bond acceptors (Lipinski definition) is 2. The van der Waals surface area contributed by atoms with Gasteiger partial charge in [-0.05, 0) is 19.1 Å². The molecular formula is C13H15BrF3NO. The monoisotopic (exact) mass is 337 g/mol. The zero-order valence-electron chi connectivity index (χ0n) is 10.5. The van der Waals surface area contributed by atoms with Crippen LogP contribution in [0.3, 0.4) is 0 Å². The number of hydrogen-bond donors (Lipinski definition) is 0. The Hall–Kier alpha value is -0.750. The number of rotatable bonds is 2. The van der Waals surface area contributed by atoms with Crippen LogP contribution in [-0.2, 0) is 10.9 Å². The minimum Gasteiger partial charge on any atom is -0.373 e. The van der Waals surface area contributed by atoms with E-state index in [1.54, 1.807) is 11.0 Å². The van der Waals surface area contributed by atoms with E-state index in [9.17, 15) is 13.2 Å². The number of nitrogens with zero attached hydrogens (tertiary/aromatic N) is 1. The summed E-state index contributed by atoms with van der Waals surface area (Å²) >= 11 is 3.32. The van der Waals surface area contributed by atoms with E-state index < -0.39 is 11.7 Å². The molecule has 0 radical (unpaired) electrons. The zero-order chi connectivity index (χ0) is 14.0. The van der Waals surface area contributed by atoms with Crippen molar-refractivity contribution in [2.75, 3.05) is 23.4 Å². The molecule has 0 aliphatic carbocycles. The molecule has 1 heterocycles. The van der Waals surface area contributed by atoms with E-state index in [0.717, 1.165) is 6.07 Å². The van der Waals surface area contributed by atoms with Crippen LogP contribution in [0.2, 0.25) is 0 Å². The molecule has 0 N–H and O–H groups in total. The van der Waals surface area contributed by atoms with Crippen LogP contribution in [0.5, 0.6) is 0 Å². The molecule has 2 unspecified atom stereocenters. The molecule has 106 valence electrons. The average Bonchev–Trinajstić information content (AvgIpc) is 2.38. The van der Waals surface area contributed by atoms with Crippen LogP contribution in [-0.4, -0.2) is 30.6 Å². The third kappa shape index (κ3) is 3.23. The van der Waals surface area contributed by atoms with Gasteiger partial charge in [0.1, 0.15) is 0 Å². The molecule has 1 aromatic carbocycles. The Morgan fingerprint density at radius 3 is 2.68 bits per heavy atom. The van der Waals surface area contributed by atoms with Gasteiger partial charge in [0.2, 0.25) is 0 Å². The number of alkyl halides is 4. The van der Waals surface area contributed by atoms with Crippen molar-refractivity contribution >= 4 is 21.6 Å². The molecule has 1 saturated heterocycles. The number of anilines is 1. The number of ether oxygens (including phenoxy) is 1. The fourth-order valence-corrected chi connectivity index (χ4v) is 2.60. The van der Waals surface area contributed by atoms with Gasteiger partial charge in [-0.25, -0.2) is 0 Å². The van der Waals surface area contributed by atoms with Gasteiger partial charge < -0.3 is 9.64 Å². The third-order valence-corrected chi connectivity index (χ3v) is 3.92. The first-order valence-corrected chi connectivity index (χ1v) is 7.16. The largest absolute Gasteiger partial charge is 0.418 e. The van der Waals surface area contributed by atoms with Crippen LogP contribution in [0.25, 0.3) is 0 Å². The van der Waals surface area contributed by atoms with Crippen LogP contribution in [0.15, 0.2) is 24.3 Å². The lowest BCUT2D eigenvalue weighted by molar-refractivity contribution is -0.137. The van der Waals surface area contributed by atoms with Crippen molar-refractivity contribution in [3.63, 3.8) is 0 Å². The van der Waals surface area contributed by atoms with Crippen molar-refractivity contribution in [1.82, 2.24) is 0 Å². The molecular weight excluding hydrogens is 323 g/mol.